The number of carboxylic acid groups (broad SMARTS) is 1. The number of carbonyl (C=O) groups is 1. The highest BCUT2D eigenvalue weighted by Gasteiger charge is 2.12. The number of hydrogen-bond donors (Lipinski definition) is 1. The number of aliphatic carboxylic acids is 1. The van der Waals surface area contributed by atoms with Crippen molar-refractivity contribution in [2.24, 2.45) is 5.92 Å². The van der Waals surface area contributed by atoms with Crippen LogP contribution in [0, 0.1) is 5.92 Å². The Kier molecular flexibility index (Phi) is 8.12. The highest BCUT2D eigenvalue weighted by molar-refractivity contribution is 5.66. The van der Waals surface area contributed by atoms with Gasteiger partial charge < -0.3 is 5.11 Å². The first-order chi connectivity index (χ1) is 8.29. The van der Waals surface area contributed by atoms with Crippen LogP contribution < -0.4 is 0 Å². The van der Waals surface area contributed by atoms with E-state index in [4.69, 9.17) is 5.11 Å². The summed E-state index contributed by atoms with van der Waals surface area (Å²) >= 11 is 0. The average molecular weight is 240 g/mol. The molecule has 1 N–H and O–H groups in total. The lowest BCUT2D eigenvalue weighted by molar-refractivity contribution is -0.137. The summed E-state index contributed by atoms with van der Waals surface area (Å²) in [5.74, 6) is 0.373. The maximum atomic E-state index is 10.3. The van der Waals surface area contributed by atoms with Gasteiger partial charge in [-0.15, -0.1) is 0 Å². The number of rotatable bonds is 9. The van der Waals surface area contributed by atoms with Gasteiger partial charge in [-0.1, -0.05) is 70.6 Å². The number of unbranched alkanes of at least 4 members (excludes halogenated alkanes) is 5. The molecule has 0 saturated heterocycles. The molecule has 0 aliphatic heterocycles. The van der Waals surface area contributed by atoms with Crippen molar-refractivity contribution < 1.29 is 9.90 Å². The van der Waals surface area contributed by atoms with Gasteiger partial charge in [0.05, 0.1) is 0 Å². The molecule has 0 aromatic heterocycles. The molecule has 0 aromatic rings. The Labute approximate surface area is 106 Å². The summed E-state index contributed by atoms with van der Waals surface area (Å²) in [6, 6.07) is 0. The fourth-order valence-electron chi connectivity index (χ4n) is 2.89. The van der Waals surface area contributed by atoms with Gasteiger partial charge in [0.15, 0.2) is 0 Å². The summed E-state index contributed by atoms with van der Waals surface area (Å²) in [4.78, 5) is 10.3. The third-order valence-electron chi connectivity index (χ3n) is 3.98. The average Bonchev–Trinajstić information content (AvgIpc) is 2.33. The molecule has 0 unspecified atom stereocenters. The van der Waals surface area contributed by atoms with E-state index in [-0.39, 0.29) is 0 Å². The zero-order chi connectivity index (χ0) is 12.3. The first kappa shape index (κ1) is 14.5. The largest absolute Gasteiger partial charge is 0.481 e. The second-order valence-corrected chi connectivity index (χ2v) is 5.56. The van der Waals surface area contributed by atoms with E-state index >= 15 is 0 Å². The molecule has 1 rings (SSSR count). The summed E-state index contributed by atoms with van der Waals surface area (Å²) in [6.07, 6.45) is 16.3. The van der Waals surface area contributed by atoms with E-state index in [2.05, 4.69) is 0 Å². The van der Waals surface area contributed by atoms with Crippen molar-refractivity contribution in [3.05, 3.63) is 0 Å². The van der Waals surface area contributed by atoms with E-state index in [0.717, 1.165) is 18.8 Å². The van der Waals surface area contributed by atoms with Crippen molar-refractivity contribution in [2.75, 3.05) is 0 Å². The van der Waals surface area contributed by atoms with Crippen molar-refractivity contribution in [3.63, 3.8) is 0 Å². The molecule has 0 spiro atoms. The molecule has 100 valence electrons. The summed E-state index contributed by atoms with van der Waals surface area (Å²) in [6.45, 7) is 0. The lowest BCUT2D eigenvalue weighted by Crippen LogP contribution is -2.05. The second-order valence-electron chi connectivity index (χ2n) is 5.56. The Morgan fingerprint density at radius 1 is 0.882 bits per heavy atom. The molecule has 1 aliphatic rings. The maximum absolute atomic E-state index is 10.3. The van der Waals surface area contributed by atoms with Crippen LogP contribution in [0.25, 0.3) is 0 Å². The fourth-order valence-corrected chi connectivity index (χ4v) is 2.89. The van der Waals surface area contributed by atoms with Crippen LogP contribution in [0.4, 0.5) is 0 Å². The van der Waals surface area contributed by atoms with Crippen LogP contribution in [0.1, 0.15) is 83.5 Å². The van der Waals surface area contributed by atoms with Crippen molar-refractivity contribution >= 4 is 5.97 Å². The van der Waals surface area contributed by atoms with Crippen LogP contribution in [0.15, 0.2) is 0 Å². The first-order valence-electron chi connectivity index (χ1n) is 7.51. The highest BCUT2D eigenvalue weighted by Crippen LogP contribution is 2.28. The van der Waals surface area contributed by atoms with Crippen LogP contribution in [-0.4, -0.2) is 11.1 Å². The zero-order valence-electron chi connectivity index (χ0n) is 11.1. The van der Waals surface area contributed by atoms with Crippen LogP contribution in [0.3, 0.4) is 0 Å². The van der Waals surface area contributed by atoms with E-state index in [9.17, 15) is 4.79 Å². The van der Waals surface area contributed by atoms with Gasteiger partial charge in [-0.2, -0.15) is 0 Å². The summed E-state index contributed by atoms with van der Waals surface area (Å²) in [5, 5.41) is 8.50. The Hall–Kier alpha value is -0.530. The summed E-state index contributed by atoms with van der Waals surface area (Å²) in [7, 11) is 0. The normalized spacial score (nSPS) is 17.2. The Bertz CT molecular complexity index is 195. The van der Waals surface area contributed by atoms with Gasteiger partial charge in [-0.05, 0) is 12.3 Å². The minimum absolute atomic E-state index is 0.349. The lowest BCUT2D eigenvalue weighted by Gasteiger charge is -2.21. The third kappa shape index (κ3) is 8.23. The predicted octanol–water partition coefficient (Wildman–Crippen LogP) is 4.77. The lowest BCUT2D eigenvalue weighted by atomic mass is 9.85. The molecule has 0 heterocycles. The maximum Gasteiger partial charge on any atom is 0.303 e. The first-order valence-corrected chi connectivity index (χ1v) is 7.51. The van der Waals surface area contributed by atoms with Gasteiger partial charge in [0.2, 0.25) is 0 Å². The molecular formula is C15H28O2. The quantitative estimate of drug-likeness (QED) is 0.589. The molecule has 2 nitrogen and oxygen atoms in total. The van der Waals surface area contributed by atoms with Gasteiger partial charge in [0.1, 0.15) is 0 Å². The van der Waals surface area contributed by atoms with E-state index < -0.39 is 5.97 Å². The molecule has 0 amide bonds. The standard InChI is InChI=1S/C15H28O2/c16-15(17)13-9-4-2-1-3-6-10-14-11-7-5-8-12-14/h14H,1-13H2,(H,16,17). The van der Waals surface area contributed by atoms with Crippen molar-refractivity contribution in [1.82, 2.24) is 0 Å². The molecule has 0 atom stereocenters. The molecule has 1 saturated carbocycles. The highest BCUT2D eigenvalue weighted by atomic mass is 16.4. The van der Waals surface area contributed by atoms with Gasteiger partial charge in [0.25, 0.3) is 0 Å². The van der Waals surface area contributed by atoms with Crippen LogP contribution >= 0.6 is 0 Å². The Morgan fingerprint density at radius 3 is 2.12 bits per heavy atom. The van der Waals surface area contributed by atoms with E-state index in [1.165, 1.54) is 64.2 Å². The monoisotopic (exact) mass is 240 g/mol. The Balaban J connectivity index is 1.79. The molecule has 1 fully saturated rings. The predicted molar refractivity (Wildman–Crippen MR) is 71.1 cm³/mol. The van der Waals surface area contributed by atoms with Gasteiger partial charge >= 0.3 is 5.97 Å². The van der Waals surface area contributed by atoms with Gasteiger partial charge in [-0.25, -0.2) is 0 Å². The minimum Gasteiger partial charge on any atom is -0.481 e. The SMILES string of the molecule is O=C(O)CCCCCCCCC1CCCCC1. The number of hydrogen-bond acceptors (Lipinski definition) is 1. The van der Waals surface area contributed by atoms with E-state index in [1.807, 2.05) is 0 Å². The van der Waals surface area contributed by atoms with Crippen LogP contribution in [0.2, 0.25) is 0 Å². The molecular weight excluding hydrogens is 212 g/mol. The fraction of sp³-hybridized carbons (Fsp3) is 0.933. The Morgan fingerprint density at radius 2 is 1.47 bits per heavy atom. The smallest absolute Gasteiger partial charge is 0.303 e. The molecule has 1 aliphatic carbocycles. The van der Waals surface area contributed by atoms with Crippen LogP contribution in [-0.2, 0) is 4.79 Å². The molecule has 0 bridgehead atoms. The second kappa shape index (κ2) is 9.49. The van der Waals surface area contributed by atoms with Gasteiger partial charge in [-0.3, -0.25) is 4.79 Å². The van der Waals surface area contributed by atoms with Crippen molar-refractivity contribution in [3.8, 4) is 0 Å². The van der Waals surface area contributed by atoms with Crippen molar-refractivity contribution in [1.29, 1.82) is 0 Å². The van der Waals surface area contributed by atoms with Gasteiger partial charge in [0, 0.05) is 6.42 Å². The molecule has 17 heavy (non-hydrogen) atoms. The number of carboxylic acids is 1. The van der Waals surface area contributed by atoms with Crippen molar-refractivity contribution in [2.45, 2.75) is 83.5 Å². The topological polar surface area (TPSA) is 37.3 Å². The van der Waals surface area contributed by atoms with E-state index in [1.54, 1.807) is 0 Å². The summed E-state index contributed by atoms with van der Waals surface area (Å²) in [5.41, 5.74) is 0. The van der Waals surface area contributed by atoms with Crippen LogP contribution in [0.5, 0.6) is 0 Å². The minimum atomic E-state index is -0.651. The molecule has 0 aromatic carbocycles. The molecule has 2 heteroatoms. The zero-order valence-corrected chi connectivity index (χ0v) is 11.1. The molecule has 0 radical (unpaired) electrons. The van der Waals surface area contributed by atoms with E-state index in [0.29, 0.717) is 6.42 Å². The third-order valence-corrected chi connectivity index (χ3v) is 3.98. The summed E-state index contributed by atoms with van der Waals surface area (Å²) < 4.78 is 0.